The van der Waals surface area contributed by atoms with Crippen LogP contribution in [0.25, 0.3) is 0 Å². The summed E-state index contributed by atoms with van der Waals surface area (Å²) in [6, 6.07) is 0. The van der Waals surface area contributed by atoms with Gasteiger partial charge in [0.05, 0.1) is 12.8 Å². The number of hydrogen-bond acceptors (Lipinski definition) is 7. The van der Waals surface area contributed by atoms with Gasteiger partial charge in [0.1, 0.15) is 0 Å². The predicted octanol–water partition coefficient (Wildman–Crippen LogP) is -2.14. The molecule has 0 radical (unpaired) electrons. The van der Waals surface area contributed by atoms with Gasteiger partial charge in [-0.1, -0.05) is 0 Å². The van der Waals surface area contributed by atoms with Gasteiger partial charge in [0.2, 0.25) is 0 Å². The van der Waals surface area contributed by atoms with Crippen molar-refractivity contribution in [2.75, 3.05) is 0 Å². The summed E-state index contributed by atoms with van der Waals surface area (Å²) < 4.78 is 31.6. The van der Waals surface area contributed by atoms with E-state index < -0.39 is 46.7 Å². The maximum atomic E-state index is 10.8. The summed E-state index contributed by atoms with van der Waals surface area (Å²) in [6.07, 6.45) is -2.79. The van der Waals surface area contributed by atoms with Gasteiger partial charge in [0.25, 0.3) is 0 Å². The number of aliphatic hydroxyl groups is 1. The Labute approximate surface area is 144 Å². The minimum Gasteiger partial charge on any atom is -1.00 e. The summed E-state index contributed by atoms with van der Waals surface area (Å²) in [7, 11) is -5.15. The van der Waals surface area contributed by atoms with Gasteiger partial charge >= 0.3 is 77.2 Å². The van der Waals surface area contributed by atoms with Crippen LogP contribution < -0.4 is 0 Å². The third-order valence-corrected chi connectivity index (χ3v) is 1.87. The molecule has 0 aliphatic heterocycles. The molecular formula is C6H10BaO10S. The van der Waals surface area contributed by atoms with E-state index in [-0.39, 0.29) is 51.7 Å². The van der Waals surface area contributed by atoms with Crippen LogP contribution in [0.15, 0.2) is 0 Å². The van der Waals surface area contributed by atoms with Gasteiger partial charge in [0.15, 0.2) is 5.60 Å². The fourth-order valence-corrected chi connectivity index (χ4v) is 1.14. The van der Waals surface area contributed by atoms with E-state index in [1.54, 1.807) is 0 Å². The topological polar surface area (TPSA) is 175 Å². The van der Waals surface area contributed by atoms with Crippen LogP contribution in [-0.2, 0) is 29.0 Å². The molecule has 18 heavy (non-hydrogen) atoms. The fraction of sp³-hybridized carbons (Fsp3) is 0.500. The van der Waals surface area contributed by atoms with E-state index in [9.17, 15) is 27.9 Å². The Balaban J connectivity index is -0.000000427. The van der Waals surface area contributed by atoms with Crippen molar-refractivity contribution in [2.45, 2.75) is 18.4 Å². The van der Waals surface area contributed by atoms with E-state index in [2.05, 4.69) is 4.18 Å². The normalized spacial score (nSPS) is 13.9. The van der Waals surface area contributed by atoms with E-state index >= 15 is 0 Å². The Morgan fingerprint density at radius 2 is 1.61 bits per heavy atom. The Bertz CT molecular complexity index is 451. The molecule has 0 saturated carbocycles. The molecule has 0 spiro atoms. The molecule has 12 heteroatoms. The minimum absolute atomic E-state index is 0. The molecule has 0 saturated heterocycles. The van der Waals surface area contributed by atoms with Crippen LogP contribution in [-0.4, -0.2) is 101 Å². The van der Waals surface area contributed by atoms with E-state index in [0.29, 0.717) is 0 Å². The molecule has 0 aromatic heterocycles. The van der Waals surface area contributed by atoms with Crippen molar-refractivity contribution in [3.63, 3.8) is 0 Å². The Morgan fingerprint density at radius 3 is 1.89 bits per heavy atom. The molecule has 1 unspecified atom stereocenters. The van der Waals surface area contributed by atoms with Crippen molar-refractivity contribution in [1.82, 2.24) is 0 Å². The maximum absolute atomic E-state index is 10.8. The molecule has 0 amide bonds. The zero-order valence-electron chi connectivity index (χ0n) is 10.8. The SMILES string of the molecule is O=C(O)CC(O)(CC(=O)OS(=O)(=O)O)C(=O)O.[Ba+2].[H-].[H-]. The van der Waals surface area contributed by atoms with Crippen LogP contribution >= 0.6 is 0 Å². The van der Waals surface area contributed by atoms with Gasteiger partial charge in [-0.25, -0.2) is 4.79 Å². The number of carbonyl (C=O) groups excluding carboxylic acids is 1. The quantitative estimate of drug-likeness (QED) is 0.278. The van der Waals surface area contributed by atoms with Crippen molar-refractivity contribution in [3.05, 3.63) is 0 Å². The van der Waals surface area contributed by atoms with Crippen molar-refractivity contribution < 1.29 is 49.7 Å². The van der Waals surface area contributed by atoms with E-state index in [0.717, 1.165) is 0 Å². The van der Waals surface area contributed by atoms with E-state index in [1.165, 1.54) is 0 Å². The average molecular weight is 412 g/mol. The second-order valence-electron chi connectivity index (χ2n) is 2.97. The molecular weight excluding hydrogens is 401 g/mol. The molecule has 4 N–H and O–H groups in total. The standard InChI is InChI=1S/C6H8O10S.Ba.2H/c7-3(8)1-6(12,5(10)11)2-4(9)16-17(13,14)15;;;/h12H,1-2H2,(H,7,8)(H,10,11)(H,13,14,15);;;/q;+2;2*-1. The summed E-state index contributed by atoms with van der Waals surface area (Å²) in [5, 5.41) is 26.1. The number of carboxylic acids is 2. The van der Waals surface area contributed by atoms with Crippen LogP contribution in [0.4, 0.5) is 0 Å². The zero-order chi connectivity index (χ0) is 13.9. The zero-order valence-corrected chi connectivity index (χ0v) is 14.0. The van der Waals surface area contributed by atoms with Crippen molar-refractivity contribution in [1.29, 1.82) is 0 Å². The average Bonchev–Trinajstić information content (AvgIpc) is 1.96. The smallest absolute Gasteiger partial charge is 1.00 e. The summed E-state index contributed by atoms with van der Waals surface area (Å²) in [6.45, 7) is 0. The predicted molar refractivity (Wildman–Crippen MR) is 55.1 cm³/mol. The van der Waals surface area contributed by atoms with Crippen LogP contribution in [0, 0.1) is 0 Å². The van der Waals surface area contributed by atoms with Crippen LogP contribution in [0.1, 0.15) is 15.7 Å². The Hall–Kier alpha value is -0.149. The van der Waals surface area contributed by atoms with Crippen LogP contribution in [0.5, 0.6) is 0 Å². The van der Waals surface area contributed by atoms with Crippen molar-refractivity contribution >= 4 is 77.2 Å². The number of carbonyl (C=O) groups is 3. The molecule has 0 aromatic rings. The second kappa shape index (κ2) is 7.44. The molecule has 102 valence electrons. The van der Waals surface area contributed by atoms with Gasteiger partial charge in [0, 0.05) is 0 Å². The first-order chi connectivity index (χ1) is 7.46. The van der Waals surface area contributed by atoms with Crippen molar-refractivity contribution in [3.8, 4) is 0 Å². The number of rotatable bonds is 6. The molecule has 0 aliphatic carbocycles. The summed E-state index contributed by atoms with van der Waals surface area (Å²) in [4.78, 5) is 31.6. The van der Waals surface area contributed by atoms with E-state index in [1.807, 2.05) is 0 Å². The van der Waals surface area contributed by atoms with Crippen LogP contribution in [0.3, 0.4) is 0 Å². The summed E-state index contributed by atoms with van der Waals surface area (Å²) in [5.41, 5.74) is -3.02. The molecule has 10 nitrogen and oxygen atoms in total. The van der Waals surface area contributed by atoms with Gasteiger partial charge < -0.3 is 22.4 Å². The molecule has 0 aromatic carbocycles. The number of hydrogen-bond donors (Lipinski definition) is 4. The molecule has 0 bridgehead atoms. The van der Waals surface area contributed by atoms with E-state index in [4.69, 9.17) is 14.8 Å². The molecule has 1 atom stereocenters. The molecule has 0 rings (SSSR count). The Kier molecular flexibility index (Phi) is 8.34. The summed E-state index contributed by atoms with van der Waals surface area (Å²) >= 11 is 0. The first-order valence-electron chi connectivity index (χ1n) is 3.83. The van der Waals surface area contributed by atoms with Crippen molar-refractivity contribution in [2.24, 2.45) is 0 Å². The second-order valence-corrected chi connectivity index (χ2v) is 3.99. The van der Waals surface area contributed by atoms with Gasteiger partial charge in [-0.3, -0.25) is 14.1 Å². The maximum Gasteiger partial charge on any atom is 2.00 e. The fourth-order valence-electron chi connectivity index (χ4n) is 0.850. The minimum atomic E-state index is -5.15. The van der Waals surface area contributed by atoms with Gasteiger partial charge in [-0.15, -0.1) is 0 Å². The number of carboxylic acid groups (broad SMARTS) is 2. The molecule has 0 fully saturated rings. The first kappa shape index (κ1) is 20.2. The van der Waals surface area contributed by atoms with Crippen LogP contribution in [0.2, 0.25) is 0 Å². The molecule has 0 aliphatic rings. The monoisotopic (exact) mass is 412 g/mol. The largest absolute Gasteiger partial charge is 2.00 e. The van der Waals surface area contributed by atoms with Gasteiger partial charge in [-0.2, -0.15) is 8.42 Å². The summed E-state index contributed by atoms with van der Waals surface area (Å²) in [5.74, 6) is -5.58. The Morgan fingerprint density at radius 1 is 1.17 bits per heavy atom. The number of aliphatic carboxylic acids is 2. The van der Waals surface area contributed by atoms with Gasteiger partial charge in [-0.05, 0) is 0 Å². The molecule has 0 heterocycles. The first-order valence-corrected chi connectivity index (χ1v) is 5.20. The third-order valence-electron chi connectivity index (χ3n) is 1.48. The third kappa shape index (κ3) is 8.04.